The van der Waals surface area contributed by atoms with Gasteiger partial charge in [0, 0.05) is 22.5 Å². The first kappa shape index (κ1) is 15.4. The first-order valence-electron chi connectivity index (χ1n) is 7.03. The van der Waals surface area contributed by atoms with Gasteiger partial charge in [0.1, 0.15) is 11.6 Å². The molecule has 0 saturated heterocycles. The molecule has 2 unspecified atom stereocenters. The van der Waals surface area contributed by atoms with Crippen molar-refractivity contribution in [3.8, 4) is 0 Å². The zero-order chi connectivity index (χ0) is 15.0. The third kappa shape index (κ3) is 3.29. The molecule has 2 aromatic rings. The topological polar surface area (TPSA) is 12.0 Å². The van der Waals surface area contributed by atoms with Crippen LogP contribution in [0, 0.1) is 14.5 Å². The Balaban J connectivity index is 1.82. The monoisotopic (exact) mass is 419 g/mol. The summed E-state index contributed by atoms with van der Waals surface area (Å²) in [7, 11) is 0. The molecule has 1 nitrogen and oxygen atoms in total. The number of benzene rings is 1. The highest BCUT2D eigenvalue weighted by Gasteiger charge is 2.25. The minimum atomic E-state index is -0.394. The lowest BCUT2D eigenvalue weighted by Crippen LogP contribution is -2.27. The first-order valence-corrected chi connectivity index (χ1v) is 8.93. The van der Waals surface area contributed by atoms with Crippen molar-refractivity contribution in [1.29, 1.82) is 0 Å². The van der Waals surface area contributed by atoms with Gasteiger partial charge in [0.25, 0.3) is 0 Å². The van der Waals surface area contributed by atoms with Crippen molar-refractivity contribution in [2.45, 2.75) is 38.3 Å². The third-order valence-corrected chi connectivity index (χ3v) is 5.93. The maximum atomic E-state index is 13.9. The predicted octanol–water partition coefficient (Wildman–Crippen LogP) is 5.36. The van der Waals surface area contributed by atoms with Crippen molar-refractivity contribution in [3.63, 3.8) is 0 Å². The molecule has 21 heavy (non-hydrogen) atoms. The number of halogens is 3. The molecule has 0 saturated carbocycles. The molecule has 2 atom stereocenters. The van der Waals surface area contributed by atoms with Gasteiger partial charge in [-0.05, 0) is 78.6 Å². The van der Waals surface area contributed by atoms with E-state index in [9.17, 15) is 8.78 Å². The predicted molar refractivity (Wildman–Crippen MR) is 90.6 cm³/mol. The minimum absolute atomic E-state index is 0.214. The molecular weight excluding hydrogens is 403 g/mol. The van der Waals surface area contributed by atoms with Gasteiger partial charge in [-0.2, -0.15) is 0 Å². The van der Waals surface area contributed by atoms with E-state index in [1.807, 2.05) is 18.3 Å². The Morgan fingerprint density at radius 2 is 2.14 bits per heavy atom. The largest absolute Gasteiger partial charge is 0.303 e. The molecule has 1 aromatic heterocycles. The fraction of sp³-hybridized carbons (Fsp3) is 0.375. The normalized spacial score (nSPS) is 19.3. The lowest BCUT2D eigenvalue weighted by molar-refractivity contribution is 0.408. The van der Waals surface area contributed by atoms with Gasteiger partial charge in [-0.1, -0.05) is 0 Å². The van der Waals surface area contributed by atoms with Crippen molar-refractivity contribution >= 4 is 33.9 Å². The fourth-order valence-electron chi connectivity index (χ4n) is 2.93. The number of fused-ring (bicyclic) bond motifs is 1. The summed E-state index contributed by atoms with van der Waals surface area (Å²) < 4.78 is 28.5. The number of hydrogen-bond acceptors (Lipinski definition) is 2. The van der Waals surface area contributed by atoms with Crippen LogP contribution >= 0.6 is 33.9 Å². The SMILES string of the molecule is CC(NC1CCCc2sc(I)cc21)c1cc(F)ccc1F. The Labute approximate surface area is 140 Å². The number of thiophene rings is 1. The Hall–Kier alpha value is -0.530. The summed E-state index contributed by atoms with van der Waals surface area (Å²) in [5, 5.41) is 3.47. The number of rotatable bonds is 3. The van der Waals surface area contributed by atoms with Gasteiger partial charge in [0.2, 0.25) is 0 Å². The van der Waals surface area contributed by atoms with Crippen LogP contribution in [0.4, 0.5) is 8.78 Å². The summed E-state index contributed by atoms with van der Waals surface area (Å²) in [5.41, 5.74) is 1.73. The summed E-state index contributed by atoms with van der Waals surface area (Å²) in [6, 6.07) is 5.87. The van der Waals surface area contributed by atoms with E-state index in [0.29, 0.717) is 5.56 Å². The maximum absolute atomic E-state index is 13.9. The Bertz CT molecular complexity index is 656. The van der Waals surface area contributed by atoms with Crippen LogP contribution in [0.15, 0.2) is 24.3 Å². The van der Waals surface area contributed by atoms with Gasteiger partial charge in [0.15, 0.2) is 0 Å². The quantitative estimate of drug-likeness (QED) is 0.661. The second-order valence-corrected chi connectivity index (χ2v) is 8.46. The first-order chi connectivity index (χ1) is 10.0. The average Bonchev–Trinajstić information content (AvgIpc) is 2.83. The van der Waals surface area contributed by atoms with Gasteiger partial charge >= 0.3 is 0 Å². The molecule has 0 aliphatic heterocycles. The summed E-state index contributed by atoms with van der Waals surface area (Å²) in [4.78, 5) is 1.43. The third-order valence-electron chi connectivity index (χ3n) is 3.96. The summed E-state index contributed by atoms with van der Waals surface area (Å²) in [6.07, 6.45) is 3.31. The number of hydrogen-bond donors (Lipinski definition) is 1. The maximum Gasteiger partial charge on any atom is 0.128 e. The molecule has 0 radical (unpaired) electrons. The van der Waals surface area contributed by atoms with Crippen LogP contribution in [0.2, 0.25) is 0 Å². The van der Waals surface area contributed by atoms with E-state index in [2.05, 4.69) is 34.0 Å². The van der Waals surface area contributed by atoms with E-state index >= 15 is 0 Å². The second kappa shape index (κ2) is 6.30. The number of nitrogens with one attached hydrogen (secondary N) is 1. The van der Waals surface area contributed by atoms with Crippen LogP contribution in [-0.2, 0) is 6.42 Å². The molecule has 1 aliphatic carbocycles. The molecule has 1 heterocycles. The molecule has 3 rings (SSSR count). The van der Waals surface area contributed by atoms with Crippen LogP contribution in [0.3, 0.4) is 0 Å². The van der Waals surface area contributed by atoms with Gasteiger partial charge in [-0.3, -0.25) is 0 Å². The van der Waals surface area contributed by atoms with Gasteiger partial charge in [0.05, 0.1) is 2.88 Å². The molecule has 0 fully saturated rings. The van der Waals surface area contributed by atoms with Gasteiger partial charge in [-0.25, -0.2) is 8.78 Å². The smallest absolute Gasteiger partial charge is 0.128 e. The highest BCUT2D eigenvalue weighted by atomic mass is 127. The van der Waals surface area contributed by atoms with E-state index in [1.165, 1.54) is 25.5 Å². The molecule has 112 valence electrons. The van der Waals surface area contributed by atoms with Crippen LogP contribution in [0.25, 0.3) is 0 Å². The standard InChI is InChI=1S/C16H16F2INS/c1-9(11-7-10(17)5-6-13(11)18)20-14-3-2-4-15-12(14)8-16(19)21-15/h5-9,14,20H,2-4H2,1H3. The van der Waals surface area contributed by atoms with E-state index in [0.717, 1.165) is 25.3 Å². The highest BCUT2D eigenvalue weighted by molar-refractivity contribution is 14.1. The number of aryl methyl sites for hydroxylation is 1. The Morgan fingerprint density at radius 1 is 1.33 bits per heavy atom. The lowest BCUT2D eigenvalue weighted by atomic mass is 9.93. The van der Waals surface area contributed by atoms with E-state index in [-0.39, 0.29) is 17.9 Å². The van der Waals surface area contributed by atoms with Crippen molar-refractivity contribution in [2.24, 2.45) is 0 Å². The van der Waals surface area contributed by atoms with Crippen molar-refractivity contribution < 1.29 is 8.78 Å². The van der Waals surface area contributed by atoms with Crippen molar-refractivity contribution in [1.82, 2.24) is 5.32 Å². The van der Waals surface area contributed by atoms with Crippen LogP contribution in [-0.4, -0.2) is 0 Å². The molecule has 5 heteroatoms. The second-order valence-electron chi connectivity index (χ2n) is 5.43. The highest BCUT2D eigenvalue weighted by Crippen LogP contribution is 2.37. The van der Waals surface area contributed by atoms with E-state index < -0.39 is 5.82 Å². The molecule has 1 aromatic carbocycles. The van der Waals surface area contributed by atoms with Crippen molar-refractivity contribution in [3.05, 3.63) is 54.8 Å². The average molecular weight is 419 g/mol. The molecule has 0 amide bonds. The molecule has 1 N–H and O–H groups in total. The lowest BCUT2D eigenvalue weighted by Gasteiger charge is -2.27. The van der Waals surface area contributed by atoms with E-state index in [1.54, 1.807) is 0 Å². The van der Waals surface area contributed by atoms with Crippen LogP contribution in [0.5, 0.6) is 0 Å². The fourth-order valence-corrected chi connectivity index (χ4v) is 5.05. The van der Waals surface area contributed by atoms with Crippen molar-refractivity contribution in [2.75, 3.05) is 0 Å². The molecule has 0 spiro atoms. The van der Waals surface area contributed by atoms with Gasteiger partial charge < -0.3 is 5.32 Å². The van der Waals surface area contributed by atoms with Gasteiger partial charge in [-0.15, -0.1) is 11.3 Å². The van der Waals surface area contributed by atoms with Crippen LogP contribution in [0.1, 0.15) is 47.9 Å². The summed E-state index contributed by atoms with van der Waals surface area (Å²) in [6.45, 7) is 1.89. The van der Waals surface area contributed by atoms with Crippen LogP contribution < -0.4 is 5.32 Å². The molecule has 1 aliphatic rings. The Kier molecular flexibility index (Phi) is 4.61. The summed E-state index contributed by atoms with van der Waals surface area (Å²) in [5.74, 6) is -0.748. The Morgan fingerprint density at radius 3 is 2.95 bits per heavy atom. The molecule has 0 bridgehead atoms. The zero-order valence-corrected chi connectivity index (χ0v) is 14.6. The minimum Gasteiger partial charge on any atom is -0.303 e. The zero-order valence-electron chi connectivity index (χ0n) is 11.6. The molecular formula is C16H16F2INS. The van der Waals surface area contributed by atoms with E-state index in [4.69, 9.17) is 0 Å². The summed E-state index contributed by atoms with van der Waals surface area (Å²) >= 11 is 4.18.